The summed E-state index contributed by atoms with van der Waals surface area (Å²) in [6, 6.07) is 21.2. The fraction of sp³-hybridized carbons (Fsp3) is 0.342. The molecule has 1 fully saturated rings. The first-order valence-electron chi connectivity index (χ1n) is 17.1. The summed E-state index contributed by atoms with van der Waals surface area (Å²) in [4.78, 5) is 49.0. The molecule has 268 valence electrons. The van der Waals surface area contributed by atoms with E-state index >= 15 is 0 Å². The van der Waals surface area contributed by atoms with Crippen molar-refractivity contribution in [2.75, 3.05) is 23.7 Å². The lowest BCUT2D eigenvalue weighted by Gasteiger charge is -2.25. The van der Waals surface area contributed by atoms with Gasteiger partial charge < -0.3 is 21.3 Å². The molecule has 1 aliphatic rings. The molecule has 4 aromatic rings. The molecule has 12 nitrogen and oxygen atoms in total. The van der Waals surface area contributed by atoms with E-state index in [0.29, 0.717) is 18.9 Å². The minimum atomic E-state index is -3.86. The van der Waals surface area contributed by atoms with Crippen molar-refractivity contribution in [3.63, 3.8) is 0 Å². The van der Waals surface area contributed by atoms with Crippen LogP contribution in [-0.2, 0) is 27.8 Å². The van der Waals surface area contributed by atoms with Gasteiger partial charge in [-0.2, -0.15) is 0 Å². The second kappa shape index (κ2) is 17.2. The van der Waals surface area contributed by atoms with Crippen LogP contribution in [0.1, 0.15) is 70.3 Å². The second-order valence-electron chi connectivity index (χ2n) is 13.0. The van der Waals surface area contributed by atoms with Crippen LogP contribution < -0.4 is 25.6 Å². The Kier molecular flexibility index (Phi) is 12.5. The summed E-state index contributed by atoms with van der Waals surface area (Å²) >= 11 is 0. The number of sulfonamides is 1. The number of hydrogen-bond donors (Lipinski definition) is 4. The van der Waals surface area contributed by atoms with Crippen LogP contribution in [0.15, 0.2) is 97.5 Å². The van der Waals surface area contributed by atoms with Crippen molar-refractivity contribution in [1.29, 1.82) is 0 Å². The number of benzene rings is 2. The summed E-state index contributed by atoms with van der Waals surface area (Å²) in [7, 11) is -3.86. The highest BCUT2D eigenvalue weighted by Crippen LogP contribution is 2.27. The van der Waals surface area contributed by atoms with Gasteiger partial charge in [0.25, 0.3) is 11.8 Å². The lowest BCUT2D eigenvalue weighted by molar-refractivity contribution is -0.122. The van der Waals surface area contributed by atoms with E-state index in [4.69, 9.17) is 0 Å². The summed E-state index contributed by atoms with van der Waals surface area (Å²) in [5.74, 6) is -0.584. The van der Waals surface area contributed by atoms with Gasteiger partial charge in [-0.15, -0.1) is 0 Å². The maximum Gasteiger partial charge on any atom is 0.251 e. The van der Waals surface area contributed by atoms with Gasteiger partial charge in [0.05, 0.1) is 30.6 Å². The molecule has 2 heterocycles. The first-order valence-corrected chi connectivity index (χ1v) is 18.9. The third-order valence-electron chi connectivity index (χ3n) is 8.67. The molecule has 0 radical (unpaired) electrons. The molecule has 5 rings (SSSR count). The lowest BCUT2D eigenvalue weighted by atomic mass is 10.0. The largest absolute Gasteiger partial charge is 0.354 e. The molecule has 3 atom stereocenters. The van der Waals surface area contributed by atoms with Gasteiger partial charge in [-0.25, -0.2) is 8.42 Å². The molecule has 0 saturated heterocycles. The number of nitrogens with one attached hydrogen (secondary N) is 4. The standard InChI is InChI=1S/C38H45N7O5S/c1-26(30-12-9-16-39-23-30)43-37(47)31-18-32(20-35(19-31)45(51(3,49)50)25-29-10-5-4-6-11-29)38(48)44-34(21-33-13-7-8-17-40-33)24-41-27(2)36(46)42-22-28-14-15-28/h4-13,16-20,23,26-28,34,41H,14-15,21-22,24-25H2,1-3H3,(H,42,46)(H,43,47)(H,44,48)/t26?,27-,34-/m0/s1. The highest BCUT2D eigenvalue weighted by Gasteiger charge is 2.26. The van der Waals surface area contributed by atoms with Gasteiger partial charge in [0.15, 0.2) is 0 Å². The van der Waals surface area contributed by atoms with Crippen molar-refractivity contribution < 1.29 is 22.8 Å². The first kappa shape index (κ1) is 37.1. The predicted octanol–water partition coefficient (Wildman–Crippen LogP) is 3.78. The van der Waals surface area contributed by atoms with E-state index in [9.17, 15) is 22.8 Å². The van der Waals surface area contributed by atoms with Crippen LogP contribution >= 0.6 is 0 Å². The van der Waals surface area contributed by atoms with Crippen LogP contribution in [0.25, 0.3) is 0 Å². The number of carbonyl (C=O) groups excluding carboxylic acids is 3. The van der Waals surface area contributed by atoms with Crippen LogP contribution in [0.5, 0.6) is 0 Å². The fourth-order valence-electron chi connectivity index (χ4n) is 5.51. The van der Waals surface area contributed by atoms with Crippen molar-refractivity contribution in [3.8, 4) is 0 Å². The first-order chi connectivity index (χ1) is 24.5. The van der Waals surface area contributed by atoms with Gasteiger partial charge in [0.1, 0.15) is 0 Å². The Labute approximate surface area is 299 Å². The second-order valence-corrected chi connectivity index (χ2v) is 14.9. The minimum absolute atomic E-state index is 0.00911. The molecule has 2 aromatic heterocycles. The zero-order chi connectivity index (χ0) is 36.4. The third-order valence-corrected chi connectivity index (χ3v) is 9.81. The summed E-state index contributed by atoms with van der Waals surface area (Å²) in [6.45, 7) is 4.48. The number of amides is 3. The summed E-state index contributed by atoms with van der Waals surface area (Å²) in [5, 5.41) is 12.2. The van der Waals surface area contributed by atoms with Gasteiger partial charge in [0.2, 0.25) is 15.9 Å². The monoisotopic (exact) mass is 711 g/mol. The molecule has 4 N–H and O–H groups in total. The van der Waals surface area contributed by atoms with Gasteiger partial charge >= 0.3 is 0 Å². The Morgan fingerprint density at radius 1 is 0.882 bits per heavy atom. The quantitative estimate of drug-likeness (QED) is 0.129. The zero-order valence-electron chi connectivity index (χ0n) is 29.1. The normalized spacial score (nSPS) is 14.5. The van der Waals surface area contributed by atoms with Crippen molar-refractivity contribution in [1.82, 2.24) is 31.2 Å². The topological polar surface area (TPSA) is 162 Å². The number of anilines is 1. The Morgan fingerprint density at radius 2 is 1.59 bits per heavy atom. The van der Waals surface area contributed by atoms with Crippen LogP contribution in [0.4, 0.5) is 5.69 Å². The molecule has 0 spiro atoms. The molecule has 51 heavy (non-hydrogen) atoms. The zero-order valence-corrected chi connectivity index (χ0v) is 29.9. The van der Waals surface area contributed by atoms with Gasteiger partial charge in [-0.05, 0) is 80.1 Å². The van der Waals surface area contributed by atoms with E-state index in [1.54, 1.807) is 49.8 Å². The SMILES string of the molecule is CC(NC(=O)c1cc(C(=O)N[C@H](CN[C@@H](C)C(=O)NCC2CC2)Cc2ccccn2)cc(N(Cc2ccccc2)S(C)(=O)=O)c1)c1cccnc1. The average molecular weight is 712 g/mol. The average Bonchev–Trinajstić information content (AvgIpc) is 3.97. The van der Waals surface area contributed by atoms with E-state index in [2.05, 4.69) is 31.2 Å². The van der Waals surface area contributed by atoms with E-state index in [1.807, 2.05) is 43.3 Å². The van der Waals surface area contributed by atoms with Crippen molar-refractivity contribution >= 4 is 33.4 Å². The Balaban J connectivity index is 1.43. The number of nitrogens with zero attached hydrogens (tertiary/aromatic N) is 3. The Morgan fingerprint density at radius 3 is 2.22 bits per heavy atom. The molecule has 0 aliphatic heterocycles. The fourth-order valence-corrected chi connectivity index (χ4v) is 6.38. The van der Waals surface area contributed by atoms with E-state index in [0.717, 1.165) is 35.9 Å². The van der Waals surface area contributed by atoms with Crippen molar-refractivity contribution in [2.24, 2.45) is 5.92 Å². The molecule has 2 aromatic carbocycles. The molecular formula is C38H45N7O5S. The maximum atomic E-state index is 14.1. The molecule has 1 aliphatic carbocycles. The van der Waals surface area contributed by atoms with Gasteiger partial charge in [-0.3, -0.25) is 28.7 Å². The van der Waals surface area contributed by atoms with Crippen molar-refractivity contribution in [2.45, 2.75) is 57.8 Å². The highest BCUT2D eigenvalue weighted by atomic mass is 32.2. The van der Waals surface area contributed by atoms with Crippen LogP contribution in [0.2, 0.25) is 0 Å². The minimum Gasteiger partial charge on any atom is -0.354 e. The Bertz CT molecular complexity index is 1890. The number of pyridine rings is 2. The lowest BCUT2D eigenvalue weighted by Crippen LogP contribution is -2.49. The number of rotatable bonds is 17. The molecule has 1 saturated carbocycles. The molecule has 1 unspecified atom stereocenters. The predicted molar refractivity (Wildman–Crippen MR) is 196 cm³/mol. The number of hydrogen-bond acceptors (Lipinski definition) is 8. The van der Waals surface area contributed by atoms with Gasteiger partial charge in [-0.1, -0.05) is 42.5 Å². The highest BCUT2D eigenvalue weighted by molar-refractivity contribution is 7.92. The molecule has 3 amide bonds. The van der Waals surface area contributed by atoms with E-state index in [-0.39, 0.29) is 35.8 Å². The Hall–Kier alpha value is -5.14. The summed E-state index contributed by atoms with van der Waals surface area (Å²) in [5.41, 5.74) is 2.60. The maximum absolute atomic E-state index is 14.1. The van der Waals surface area contributed by atoms with Gasteiger partial charge in [0, 0.05) is 61.0 Å². The summed E-state index contributed by atoms with van der Waals surface area (Å²) in [6.07, 6.45) is 8.66. The third kappa shape index (κ3) is 11.2. The van der Waals surface area contributed by atoms with E-state index in [1.165, 1.54) is 22.5 Å². The molecular weight excluding hydrogens is 667 g/mol. The molecule has 0 bridgehead atoms. The van der Waals surface area contributed by atoms with Crippen LogP contribution in [0, 0.1) is 5.92 Å². The number of carbonyl (C=O) groups is 3. The van der Waals surface area contributed by atoms with Crippen LogP contribution in [0.3, 0.4) is 0 Å². The smallest absolute Gasteiger partial charge is 0.251 e. The molecule has 13 heteroatoms. The van der Waals surface area contributed by atoms with Crippen LogP contribution in [-0.4, -0.2) is 67.5 Å². The summed E-state index contributed by atoms with van der Waals surface area (Å²) < 4.78 is 27.6. The van der Waals surface area contributed by atoms with Crippen molar-refractivity contribution in [3.05, 3.63) is 125 Å². The van der Waals surface area contributed by atoms with E-state index < -0.39 is 40.0 Å². The number of aromatic nitrogens is 2.